The first-order chi connectivity index (χ1) is 28.4. The Labute approximate surface area is 406 Å². The summed E-state index contributed by atoms with van der Waals surface area (Å²) >= 11 is 11.7. The number of hydrogen-bond donors (Lipinski definition) is 4. The molecule has 0 unspecified atom stereocenters. The van der Waals surface area contributed by atoms with E-state index in [0.717, 1.165) is 12.1 Å². The molecule has 302 valence electrons. The van der Waals surface area contributed by atoms with E-state index in [1.807, 2.05) is 0 Å². The average molecular weight is 930 g/mol. The molecule has 0 aliphatic rings. The molecular formula is C40H24Cl2N6Na2O10S2. The van der Waals surface area contributed by atoms with Crippen molar-refractivity contribution in [2.75, 3.05) is 0 Å². The zero-order valence-electron chi connectivity index (χ0n) is 32.0. The predicted molar refractivity (Wildman–Crippen MR) is 222 cm³/mol. The van der Waals surface area contributed by atoms with Gasteiger partial charge in [-0.3, -0.25) is 9.11 Å². The van der Waals surface area contributed by atoms with Gasteiger partial charge in [0.25, 0.3) is 20.2 Å². The quantitative estimate of drug-likeness (QED) is 0.0502. The third-order valence-corrected chi connectivity index (χ3v) is 10.9. The van der Waals surface area contributed by atoms with Crippen molar-refractivity contribution in [3.63, 3.8) is 0 Å². The zero-order valence-corrected chi connectivity index (χ0v) is 39.2. The fourth-order valence-electron chi connectivity index (χ4n) is 5.75. The van der Waals surface area contributed by atoms with Crippen LogP contribution in [0.4, 0.5) is 34.1 Å². The Kier molecular flexibility index (Phi) is 15.3. The molecule has 0 aliphatic carbocycles. The van der Waals surface area contributed by atoms with Gasteiger partial charge in [-0.05, 0) is 131 Å². The summed E-state index contributed by atoms with van der Waals surface area (Å²) in [6.45, 7) is 0. The topological polar surface area (TPSA) is 269 Å². The number of nitrogens with zero attached hydrogens (tertiary/aromatic N) is 6. The van der Waals surface area contributed by atoms with Gasteiger partial charge in [-0.2, -0.15) is 27.1 Å². The van der Waals surface area contributed by atoms with Crippen LogP contribution in [0.15, 0.2) is 162 Å². The van der Waals surface area contributed by atoms with Crippen LogP contribution in [0.25, 0.3) is 21.5 Å². The summed E-state index contributed by atoms with van der Waals surface area (Å²) in [4.78, 5) is 6.73. The van der Waals surface area contributed by atoms with Gasteiger partial charge in [0.2, 0.25) is 11.8 Å². The molecule has 4 N–H and O–H groups in total. The molecule has 0 amide bonds. The first kappa shape index (κ1) is 48.2. The maximum atomic E-state index is 13.3. The van der Waals surface area contributed by atoms with Gasteiger partial charge in [-0.15, -0.1) is 10.2 Å². The van der Waals surface area contributed by atoms with E-state index in [-0.39, 0.29) is 115 Å². The smallest absolute Gasteiger partial charge is 0.871 e. The van der Waals surface area contributed by atoms with Crippen LogP contribution in [-0.2, 0) is 20.2 Å². The summed E-state index contributed by atoms with van der Waals surface area (Å²) in [5.74, 6) is -2.65. The summed E-state index contributed by atoms with van der Waals surface area (Å²) in [6.07, 6.45) is 0. The van der Waals surface area contributed by atoms with Gasteiger partial charge in [-0.25, -0.2) is 9.98 Å². The van der Waals surface area contributed by atoms with Crippen LogP contribution in [0.1, 0.15) is 11.1 Å². The molecule has 7 rings (SSSR count). The van der Waals surface area contributed by atoms with Crippen molar-refractivity contribution >= 4 is 111 Å². The molecular weight excluding hydrogens is 905 g/mol. The minimum atomic E-state index is -4.94. The van der Waals surface area contributed by atoms with Crippen molar-refractivity contribution < 1.29 is 105 Å². The Morgan fingerprint density at radius 2 is 0.790 bits per heavy atom. The molecule has 7 aromatic carbocycles. The second kappa shape index (κ2) is 19.7. The van der Waals surface area contributed by atoms with E-state index in [4.69, 9.17) is 23.2 Å². The number of fused-ring (bicyclic) bond motifs is 2. The van der Waals surface area contributed by atoms with E-state index >= 15 is 0 Å². The minimum Gasteiger partial charge on any atom is -0.871 e. The summed E-state index contributed by atoms with van der Waals surface area (Å²) in [5, 5.41) is 64.7. The fourth-order valence-corrected chi connectivity index (χ4v) is 7.30. The second-order valence-corrected chi connectivity index (χ2v) is 16.3. The molecule has 0 saturated carbocycles. The number of azo groups is 2. The molecule has 0 aliphatic heterocycles. The maximum Gasteiger partial charge on any atom is 1.00 e. The van der Waals surface area contributed by atoms with E-state index in [0.29, 0.717) is 10.0 Å². The third kappa shape index (κ3) is 11.0. The van der Waals surface area contributed by atoms with Crippen LogP contribution in [0.3, 0.4) is 0 Å². The van der Waals surface area contributed by atoms with E-state index < -0.39 is 64.7 Å². The summed E-state index contributed by atoms with van der Waals surface area (Å²) in [5.41, 5.74) is -0.105. The minimum absolute atomic E-state index is 0. The Hall–Kier alpha value is -4.80. The predicted octanol–water partition coefficient (Wildman–Crippen LogP) is 4.05. The van der Waals surface area contributed by atoms with Crippen LogP contribution in [-0.4, -0.2) is 47.9 Å². The summed E-state index contributed by atoms with van der Waals surface area (Å²) < 4.78 is 68.9. The molecule has 16 nitrogen and oxygen atoms in total. The van der Waals surface area contributed by atoms with E-state index in [1.54, 1.807) is 0 Å². The van der Waals surface area contributed by atoms with Gasteiger partial charge in [0.1, 0.15) is 9.79 Å². The molecule has 0 radical (unpaired) electrons. The fraction of sp³-hybridized carbons (Fsp3) is 0. The molecule has 7 aromatic rings. The van der Waals surface area contributed by atoms with Gasteiger partial charge >= 0.3 is 59.1 Å². The van der Waals surface area contributed by atoms with Crippen LogP contribution >= 0.6 is 23.2 Å². The van der Waals surface area contributed by atoms with Crippen molar-refractivity contribution in [1.82, 2.24) is 0 Å². The van der Waals surface area contributed by atoms with Gasteiger partial charge in [0.05, 0.1) is 34.1 Å². The Balaban J connectivity index is 0.00000363. The number of aliphatic hydroxyl groups excluding tert-OH is 2. The van der Waals surface area contributed by atoms with Crippen molar-refractivity contribution in [2.45, 2.75) is 9.79 Å². The van der Waals surface area contributed by atoms with Gasteiger partial charge < -0.3 is 20.4 Å². The number of hydrogen-bond acceptors (Lipinski definition) is 12. The number of rotatable bonds is 10. The number of halogens is 2. The Morgan fingerprint density at radius 3 is 1.11 bits per heavy atom. The normalized spacial score (nSPS) is 12.5. The van der Waals surface area contributed by atoms with Crippen LogP contribution in [0.2, 0.25) is 10.0 Å². The summed E-state index contributed by atoms with van der Waals surface area (Å²) in [7, 11) is -9.89. The van der Waals surface area contributed by atoms with E-state index in [1.165, 1.54) is 109 Å². The molecule has 0 atom stereocenters. The molecule has 62 heavy (non-hydrogen) atoms. The first-order valence-corrected chi connectivity index (χ1v) is 20.6. The third-order valence-electron chi connectivity index (χ3n) is 8.64. The van der Waals surface area contributed by atoms with Crippen molar-refractivity contribution in [3.05, 3.63) is 142 Å². The van der Waals surface area contributed by atoms with Gasteiger partial charge in [0, 0.05) is 21.2 Å². The molecule has 0 saturated heterocycles. The largest absolute Gasteiger partial charge is 1.00 e. The first-order valence-electron chi connectivity index (χ1n) is 17.0. The number of aliphatic hydroxyl groups is 2. The Bertz CT molecular complexity index is 3000. The van der Waals surface area contributed by atoms with Crippen LogP contribution in [0, 0.1) is 0 Å². The van der Waals surface area contributed by atoms with Crippen molar-refractivity contribution in [1.29, 1.82) is 0 Å². The van der Waals surface area contributed by atoms with Crippen LogP contribution < -0.4 is 69.3 Å². The molecule has 0 aromatic heterocycles. The van der Waals surface area contributed by atoms with E-state index in [2.05, 4.69) is 30.4 Å². The standard InChI is InChI=1S/C40H26Cl2N6O10S2.2Na/c41-25-5-9-27(10-6-25)45-47-35-33(59(53,54)55)19-23-17-29(13-15-31(23)37(35)49)43-39(51)21-1-2-22(4-3-21)40(52)44-30-14-16-32-24(18-30)20-34(60(56,57)58)36(38(32)50)48-46-28-11-7-26(42)8-12-28;;/h1-20,49-50H,(H,43,51)(H,44,52)(H,53,54,55)(H,56,57,58);;/q;2*+1/p-2. The molecule has 0 heterocycles. The SMILES string of the molecule is O=S(=O)(O)c1cc2cc(N=C(O)c3ccc(C(O)=Nc4ccc5c([O-])c(N=Nc6ccc(Cl)cc6)c(S(=O)(=O)O)cc5c4)cc3)ccc2c([O-])c1N=Nc1ccc(Cl)cc1.[Na+].[Na+]. The van der Waals surface area contributed by atoms with E-state index in [9.17, 15) is 46.4 Å². The van der Waals surface area contributed by atoms with Crippen molar-refractivity contribution in [2.24, 2.45) is 30.4 Å². The molecule has 0 spiro atoms. The maximum absolute atomic E-state index is 13.3. The second-order valence-electron chi connectivity index (χ2n) is 12.7. The monoisotopic (exact) mass is 928 g/mol. The van der Waals surface area contributed by atoms with Crippen molar-refractivity contribution in [3.8, 4) is 11.5 Å². The van der Waals surface area contributed by atoms with Gasteiger partial charge in [-0.1, -0.05) is 46.8 Å². The summed E-state index contributed by atoms with van der Waals surface area (Å²) in [6, 6.07) is 27.9. The molecule has 22 heteroatoms. The number of benzene rings is 7. The average Bonchev–Trinajstić information content (AvgIpc) is 3.20. The van der Waals surface area contributed by atoms with Gasteiger partial charge in [0.15, 0.2) is 0 Å². The molecule has 0 fully saturated rings. The zero-order chi connectivity index (χ0) is 42.9. The van der Waals surface area contributed by atoms with Crippen LogP contribution in [0.5, 0.6) is 11.5 Å². The Morgan fingerprint density at radius 1 is 0.468 bits per heavy atom. The molecule has 0 bridgehead atoms. The number of aliphatic imine (C=N–C) groups is 2.